The minimum Gasteiger partial charge on any atom is -0.334 e. The van der Waals surface area contributed by atoms with Crippen molar-refractivity contribution in [2.75, 3.05) is 7.05 Å². The molecule has 3 aromatic heterocycles. The van der Waals surface area contributed by atoms with Gasteiger partial charge in [0.25, 0.3) is 5.91 Å². The van der Waals surface area contributed by atoms with E-state index in [1.807, 2.05) is 36.3 Å². The molecule has 0 bridgehead atoms. The fourth-order valence-electron chi connectivity index (χ4n) is 3.40. The fourth-order valence-corrected chi connectivity index (χ4v) is 4.63. The lowest BCUT2D eigenvalue weighted by molar-refractivity contribution is 0.0720. The average molecular weight is 340 g/mol. The first kappa shape index (κ1) is 15.3. The van der Waals surface area contributed by atoms with Crippen LogP contribution in [0.3, 0.4) is 0 Å². The molecule has 0 spiro atoms. The predicted molar refractivity (Wildman–Crippen MR) is 94.5 cm³/mol. The van der Waals surface area contributed by atoms with Gasteiger partial charge in [-0.3, -0.25) is 4.79 Å². The third-order valence-electron chi connectivity index (χ3n) is 4.71. The number of hydrogen-bond acceptors (Lipinski definition) is 4. The summed E-state index contributed by atoms with van der Waals surface area (Å²) < 4.78 is 1.75. The third kappa shape index (κ3) is 2.41. The zero-order chi connectivity index (χ0) is 16.7. The smallest absolute Gasteiger partial charge is 0.257 e. The van der Waals surface area contributed by atoms with Gasteiger partial charge in [-0.05, 0) is 37.8 Å². The van der Waals surface area contributed by atoms with E-state index in [4.69, 9.17) is 4.98 Å². The highest BCUT2D eigenvalue weighted by atomic mass is 32.1. The van der Waals surface area contributed by atoms with E-state index in [-0.39, 0.29) is 11.9 Å². The molecule has 0 unspecified atom stereocenters. The molecule has 6 heteroatoms. The summed E-state index contributed by atoms with van der Waals surface area (Å²) >= 11 is 1.76. The molecule has 0 saturated heterocycles. The lowest BCUT2D eigenvalue weighted by Crippen LogP contribution is -2.32. The standard InChI is InChI=1S/C18H20N4OS/c1-3-16-20-13-7-6-9-15(17(13)24-16)21(2)18(23)12-11-19-22-10-5-4-8-14(12)22/h4-5,8,10-11,15H,3,6-7,9H2,1-2H3/t15-/m0/s1. The number of aryl methyl sites for hydroxylation is 2. The first-order chi connectivity index (χ1) is 11.7. The number of rotatable bonds is 3. The van der Waals surface area contributed by atoms with Gasteiger partial charge in [-0.25, -0.2) is 9.50 Å². The topological polar surface area (TPSA) is 50.5 Å². The second-order valence-corrected chi connectivity index (χ2v) is 7.30. The Morgan fingerprint density at radius 1 is 1.46 bits per heavy atom. The Morgan fingerprint density at radius 2 is 2.33 bits per heavy atom. The van der Waals surface area contributed by atoms with Gasteiger partial charge in [-0.2, -0.15) is 5.10 Å². The van der Waals surface area contributed by atoms with E-state index in [1.54, 1.807) is 22.0 Å². The Kier molecular flexibility index (Phi) is 3.84. The minimum absolute atomic E-state index is 0.0282. The summed E-state index contributed by atoms with van der Waals surface area (Å²) in [4.78, 5) is 20.9. The molecule has 3 heterocycles. The summed E-state index contributed by atoms with van der Waals surface area (Å²) in [5.74, 6) is 0.0282. The molecule has 1 aliphatic carbocycles. The van der Waals surface area contributed by atoms with Crippen LogP contribution >= 0.6 is 11.3 Å². The summed E-state index contributed by atoms with van der Waals surface area (Å²) in [6.07, 6.45) is 7.59. The monoisotopic (exact) mass is 340 g/mol. The number of amides is 1. The molecular formula is C18H20N4OS. The number of aromatic nitrogens is 3. The number of thiazole rings is 1. The number of carbonyl (C=O) groups excluding carboxylic acids is 1. The Balaban J connectivity index is 1.68. The minimum atomic E-state index is 0.0282. The maximum atomic E-state index is 13.1. The van der Waals surface area contributed by atoms with Crippen molar-refractivity contribution in [2.24, 2.45) is 0 Å². The van der Waals surface area contributed by atoms with Crippen molar-refractivity contribution in [1.82, 2.24) is 19.5 Å². The Hall–Kier alpha value is -2.21. The van der Waals surface area contributed by atoms with Crippen LogP contribution in [0, 0.1) is 0 Å². The number of carbonyl (C=O) groups is 1. The van der Waals surface area contributed by atoms with Crippen LogP contribution in [0.4, 0.5) is 0 Å². The van der Waals surface area contributed by atoms with Crippen LogP contribution in [0.15, 0.2) is 30.6 Å². The van der Waals surface area contributed by atoms with E-state index in [2.05, 4.69) is 12.0 Å². The van der Waals surface area contributed by atoms with E-state index in [9.17, 15) is 4.79 Å². The van der Waals surface area contributed by atoms with Crippen LogP contribution in [0.5, 0.6) is 0 Å². The molecule has 0 radical (unpaired) electrons. The van der Waals surface area contributed by atoms with E-state index >= 15 is 0 Å². The van der Waals surface area contributed by atoms with E-state index in [0.717, 1.165) is 31.2 Å². The zero-order valence-corrected chi connectivity index (χ0v) is 14.7. The van der Waals surface area contributed by atoms with E-state index < -0.39 is 0 Å². The quantitative estimate of drug-likeness (QED) is 0.733. The molecule has 0 saturated carbocycles. The van der Waals surface area contributed by atoms with Gasteiger partial charge in [0, 0.05) is 13.2 Å². The van der Waals surface area contributed by atoms with Crippen LogP contribution in [-0.2, 0) is 12.8 Å². The van der Waals surface area contributed by atoms with Gasteiger partial charge in [0.05, 0.1) is 38.9 Å². The summed E-state index contributed by atoms with van der Waals surface area (Å²) in [5.41, 5.74) is 2.70. The fraction of sp³-hybridized carbons (Fsp3) is 0.389. The normalized spacial score (nSPS) is 17.0. The Morgan fingerprint density at radius 3 is 3.17 bits per heavy atom. The van der Waals surface area contributed by atoms with Gasteiger partial charge >= 0.3 is 0 Å². The number of fused-ring (bicyclic) bond motifs is 2. The molecule has 4 rings (SSSR count). The first-order valence-electron chi connectivity index (χ1n) is 8.37. The van der Waals surface area contributed by atoms with Crippen molar-refractivity contribution in [3.05, 3.63) is 51.7 Å². The first-order valence-corrected chi connectivity index (χ1v) is 9.18. The highest BCUT2D eigenvalue weighted by molar-refractivity contribution is 7.11. The van der Waals surface area contributed by atoms with Crippen LogP contribution in [0.2, 0.25) is 0 Å². The molecule has 1 amide bonds. The van der Waals surface area contributed by atoms with Gasteiger partial charge in [0.2, 0.25) is 0 Å². The summed E-state index contributed by atoms with van der Waals surface area (Å²) in [6.45, 7) is 2.13. The van der Waals surface area contributed by atoms with Crippen molar-refractivity contribution in [3.8, 4) is 0 Å². The van der Waals surface area contributed by atoms with Crippen molar-refractivity contribution in [2.45, 2.75) is 38.6 Å². The molecule has 0 fully saturated rings. The van der Waals surface area contributed by atoms with Crippen LogP contribution in [0.1, 0.15) is 51.7 Å². The van der Waals surface area contributed by atoms with Gasteiger partial charge < -0.3 is 4.90 Å². The summed E-state index contributed by atoms with van der Waals surface area (Å²) in [5, 5.41) is 5.46. The maximum absolute atomic E-state index is 13.1. The molecular weight excluding hydrogens is 320 g/mol. The molecule has 5 nitrogen and oxygen atoms in total. The molecule has 1 aliphatic rings. The van der Waals surface area contributed by atoms with Crippen molar-refractivity contribution in [3.63, 3.8) is 0 Å². The maximum Gasteiger partial charge on any atom is 0.257 e. The molecule has 24 heavy (non-hydrogen) atoms. The predicted octanol–water partition coefficient (Wildman–Crippen LogP) is 3.50. The molecule has 0 N–H and O–H groups in total. The van der Waals surface area contributed by atoms with Crippen molar-refractivity contribution >= 4 is 22.8 Å². The average Bonchev–Trinajstić information content (AvgIpc) is 3.23. The summed E-state index contributed by atoms with van der Waals surface area (Å²) in [7, 11) is 1.90. The van der Waals surface area contributed by atoms with Gasteiger partial charge in [-0.1, -0.05) is 13.0 Å². The number of hydrogen-bond donors (Lipinski definition) is 0. The molecule has 0 aliphatic heterocycles. The number of nitrogens with zero attached hydrogens (tertiary/aromatic N) is 4. The lowest BCUT2D eigenvalue weighted by Gasteiger charge is -2.30. The molecule has 3 aromatic rings. The van der Waals surface area contributed by atoms with Crippen molar-refractivity contribution in [1.29, 1.82) is 0 Å². The highest BCUT2D eigenvalue weighted by Gasteiger charge is 2.31. The lowest BCUT2D eigenvalue weighted by atomic mass is 9.96. The van der Waals surface area contributed by atoms with Crippen molar-refractivity contribution < 1.29 is 4.79 Å². The highest BCUT2D eigenvalue weighted by Crippen LogP contribution is 2.38. The largest absolute Gasteiger partial charge is 0.334 e. The number of pyridine rings is 1. The second-order valence-electron chi connectivity index (χ2n) is 6.18. The second kappa shape index (κ2) is 6.02. The Labute approximate surface area is 144 Å². The SMILES string of the molecule is CCc1nc2c(s1)[C@@H](N(C)C(=O)c1cnn3ccccc13)CCC2. The molecule has 0 aromatic carbocycles. The van der Waals surface area contributed by atoms with E-state index in [1.165, 1.54) is 15.6 Å². The molecule has 1 atom stereocenters. The van der Waals surface area contributed by atoms with Crippen LogP contribution in [-0.4, -0.2) is 32.5 Å². The third-order valence-corrected chi connectivity index (χ3v) is 6.06. The van der Waals surface area contributed by atoms with Crippen LogP contribution in [0.25, 0.3) is 5.52 Å². The zero-order valence-electron chi connectivity index (χ0n) is 13.9. The van der Waals surface area contributed by atoms with Gasteiger partial charge in [0.15, 0.2) is 0 Å². The van der Waals surface area contributed by atoms with E-state index in [0.29, 0.717) is 5.56 Å². The molecule has 124 valence electrons. The van der Waals surface area contributed by atoms with Gasteiger partial charge in [0.1, 0.15) is 0 Å². The van der Waals surface area contributed by atoms with Gasteiger partial charge in [-0.15, -0.1) is 11.3 Å². The Bertz CT molecular complexity index is 897. The summed E-state index contributed by atoms with van der Waals surface area (Å²) in [6, 6.07) is 5.90. The van der Waals surface area contributed by atoms with Crippen LogP contribution < -0.4 is 0 Å².